The number of benzene rings is 1. The van der Waals surface area contributed by atoms with Gasteiger partial charge in [0.15, 0.2) is 0 Å². The second-order valence-corrected chi connectivity index (χ2v) is 9.31. The predicted octanol–water partition coefficient (Wildman–Crippen LogP) is 3.37. The number of morpholine rings is 1. The van der Waals surface area contributed by atoms with Crippen LogP contribution in [0.3, 0.4) is 0 Å². The average Bonchev–Trinajstić information content (AvgIpc) is 2.62. The lowest BCUT2D eigenvalue weighted by Gasteiger charge is -2.37. The maximum absolute atomic E-state index is 12.8. The summed E-state index contributed by atoms with van der Waals surface area (Å²) in [5.41, 5.74) is 1.04. The molecule has 26 heavy (non-hydrogen) atoms. The van der Waals surface area contributed by atoms with Gasteiger partial charge in [0, 0.05) is 19.6 Å². The molecule has 5 nitrogen and oxygen atoms in total. The molecule has 3 rings (SSSR count). The molecule has 2 unspecified atom stereocenters. The fourth-order valence-electron chi connectivity index (χ4n) is 4.00. The van der Waals surface area contributed by atoms with Crippen LogP contribution in [0.2, 0.25) is 0 Å². The number of aryl methyl sites for hydroxylation is 1. The van der Waals surface area contributed by atoms with Gasteiger partial charge in [-0.25, -0.2) is 0 Å². The first-order valence-corrected chi connectivity index (χ1v) is 11.2. The van der Waals surface area contributed by atoms with E-state index in [-0.39, 0.29) is 17.1 Å². The highest BCUT2D eigenvalue weighted by Gasteiger charge is 2.32. The van der Waals surface area contributed by atoms with Crippen LogP contribution in [0.15, 0.2) is 29.2 Å². The van der Waals surface area contributed by atoms with Gasteiger partial charge < -0.3 is 4.74 Å². The van der Waals surface area contributed by atoms with Crippen molar-refractivity contribution >= 4 is 10.1 Å². The van der Waals surface area contributed by atoms with Crippen molar-refractivity contribution < 1.29 is 17.3 Å². The van der Waals surface area contributed by atoms with Gasteiger partial charge in [0.2, 0.25) is 0 Å². The highest BCUT2D eigenvalue weighted by atomic mass is 32.2. The zero-order valence-corrected chi connectivity index (χ0v) is 16.7. The molecule has 2 aliphatic rings. The largest absolute Gasteiger partial charge is 0.376 e. The van der Waals surface area contributed by atoms with Gasteiger partial charge in [0.1, 0.15) is 0 Å². The summed E-state index contributed by atoms with van der Waals surface area (Å²) in [5, 5.41) is 0. The Hall–Kier alpha value is -0.950. The van der Waals surface area contributed by atoms with Crippen LogP contribution in [0.5, 0.6) is 0 Å². The van der Waals surface area contributed by atoms with E-state index in [1.54, 1.807) is 12.1 Å². The van der Waals surface area contributed by atoms with Gasteiger partial charge in [-0.05, 0) is 44.7 Å². The Morgan fingerprint density at radius 2 is 1.88 bits per heavy atom. The molecule has 0 N–H and O–H groups in total. The van der Waals surface area contributed by atoms with E-state index < -0.39 is 10.1 Å². The van der Waals surface area contributed by atoms with Gasteiger partial charge in [-0.1, -0.05) is 37.0 Å². The summed E-state index contributed by atoms with van der Waals surface area (Å²) in [4.78, 5) is 2.54. The van der Waals surface area contributed by atoms with Gasteiger partial charge in [0.05, 0.1) is 23.7 Å². The Morgan fingerprint density at radius 1 is 1.19 bits per heavy atom. The molecule has 2 atom stereocenters. The van der Waals surface area contributed by atoms with Gasteiger partial charge in [-0.15, -0.1) is 0 Å². The van der Waals surface area contributed by atoms with Crippen LogP contribution < -0.4 is 0 Å². The van der Waals surface area contributed by atoms with Crippen LogP contribution >= 0.6 is 0 Å². The molecule has 1 aliphatic heterocycles. The maximum Gasteiger partial charge on any atom is 0.297 e. The van der Waals surface area contributed by atoms with Crippen LogP contribution in [-0.2, 0) is 19.0 Å². The van der Waals surface area contributed by atoms with Crippen LogP contribution in [-0.4, -0.2) is 51.8 Å². The molecule has 0 amide bonds. The quantitative estimate of drug-likeness (QED) is 0.707. The Balaban J connectivity index is 1.74. The zero-order chi connectivity index (χ0) is 18.6. The number of nitrogens with zero attached hydrogens (tertiary/aromatic N) is 1. The highest BCUT2D eigenvalue weighted by molar-refractivity contribution is 7.86. The Kier molecular flexibility index (Phi) is 6.72. The molecule has 1 aromatic rings. The van der Waals surface area contributed by atoms with E-state index in [2.05, 4.69) is 11.8 Å². The molecular formula is C20H31NO4S. The summed E-state index contributed by atoms with van der Waals surface area (Å²) in [6.07, 6.45) is 5.56. The van der Waals surface area contributed by atoms with E-state index in [0.29, 0.717) is 19.1 Å². The summed E-state index contributed by atoms with van der Waals surface area (Å²) >= 11 is 0. The first kappa shape index (κ1) is 19.8. The van der Waals surface area contributed by atoms with Gasteiger partial charge in [0.25, 0.3) is 10.1 Å². The predicted molar refractivity (Wildman–Crippen MR) is 102 cm³/mol. The molecule has 1 saturated heterocycles. The van der Waals surface area contributed by atoms with Gasteiger partial charge >= 0.3 is 0 Å². The molecule has 0 radical (unpaired) electrons. The smallest absolute Gasteiger partial charge is 0.297 e. The van der Waals surface area contributed by atoms with Crippen molar-refractivity contribution in [2.75, 3.05) is 26.2 Å². The maximum atomic E-state index is 12.8. The number of ether oxygens (including phenoxy) is 1. The van der Waals surface area contributed by atoms with Crippen molar-refractivity contribution in [3.8, 4) is 0 Å². The van der Waals surface area contributed by atoms with Crippen molar-refractivity contribution in [3.63, 3.8) is 0 Å². The molecule has 0 bridgehead atoms. The lowest BCUT2D eigenvalue weighted by atomic mass is 9.85. The second kappa shape index (κ2) is 8.83. The van der Waals surface area contributed by atoms with Gasteiger partial charge in [-0.2, -0.15) is 8.42 Å². The SMILES string of the molecule is Cc1ccc(S(=O)(=O)OC(CN2CCOC(C)C2)C2CCCCC2)cc1. The fourth-order valence-corrected chi connectivity index (χ4v) is 5.12. The molecule has 1 heterocycles. The Labute approximate surface area is 157 Å². The molecule has 0 spiro atoms. The molecule has 6 heteroatoms. The highest BCUT2D eigenvalue weighted by Crippen LogP contribution is 2.31. The fraction of sp³-hybridized carbons (Fsp3) is 0.700. The van der Waals surface area contributed by atoms with Crippen LogP contribution in [0.25, 0.3) is 0 Å². The van der Waals surface area contributed by atoms with Crippen molar-refractivity contribution in [1.82, 2.24) is 4.90 Å². The molecule has 1 aromatic carbocycles. The van der Waals surface area contributed by atoms with E-state index in [0.717, 1.165) is 44.3 Å². The Bertz CT molecular complexity index is 668. The van der Waals surface area contributed by atoms with Crippen molar-refractivity contribution in [1.29, 1.82) is 0 Å². The summed E-state index contributed by atoms with van der Waals surface area (Å²) in [6.45, 7) is 7.03. The van der Waals surface area contributed by atoms with Crippen LogP contribution in [0, 0.1) is 12.8 Å². The first-order chi connectivity index (χ1) is 12.4. The molecule has 0 aromatic heterocycles. The number of hydrogen-bond acceptors (Lipinski definition) is 5. The minimum absolute atomic E-state index is 0.185. The molecule has 1 saturated carbocycles. The topological polar surface area (TPSA) is 55.8 Å². The lowest BCUT2D eigenvalue weighted by molar-refractivity contribution is -0.0359. The van der Waals surface area contributed by atoms with Crippen molar-refractivity contribution in [2.24, 2.45) is 5.92 Å². The minimum atomic E-state index is -3.75. The summed E-state index contributed by atoms with van der Waals surface area (Å²) < 4.78 is 37.1. The van der Waals surface area contributed by atoms with Crippen LogP contribution in [0.1, 0.15) is 44.6 Å². The second-order valence-electron chi connectivity index (χ2n) is 7.74. The Morgan fingerprint density at radius 3 is 2.54 bits per heavy atom. The number of hydrogen-bond donors (Lipinski definition) is 0. The average molecular weight is 382 g/mol. The molecule has 1 aliphatic carbocycles. The third-order valence-corrected chi connectivity index (χ3v) is 6.85. The molecular weight excluding hydrogens is 350 g/mol. The number of rotatable bonds is 6. The van der Waals surface area contributed by atoms with E-state index in [1.807, 2.05) is 19.1 Å². The first-order valence-electron chi connectivity index (χ1n) is 9.78. The molecule has 2 fully saturated rings. The van der Waals surface area contributed by atoms with Crippen molar-refractivity contribution in [2.45, 2.75) is 63.1 Å². The monoisotopic (exact) mass is 381 g/mol. The van der Waals surface area contributed by atoms with E-state index in [9.17, 15) is 8.42 Å². The third kappa shape index (κ3) is 5.28. The van der Waals surface area contributed by atoms with E-state index >= 15 is 0 Å². The minimum Gasteiger partial charge on any atom is -0.376 e. The standard InChI is InChI=1S/C20H31NO4S/c1-16-8-10-19(11-9-16)26(22,23)25-20(18-6-4-3-5-7-18)15-21-12-13-24-17(2)14-21/h8-11,17-18,20H,3-7,12-15H2,1-2H3. The van der Waals surface area contributed by atoms with Crippen LogP contribution in [0.4, 0.5) is 0 Å². The molecule has 146 valence electrons. The normalized spacial score (nSPS) is 24.5. The van der Waals surface area contributed by atoms with Crippen molar-refractivity contribution in [3.05, 3.63) is 29.8 Å². The summed E-state index contributed by atoms with van der Waals surface area (Å²) in [7, 11) is -3.75. The van der Waals surface area contributed by atoms with E-state index in [1.165, 1.54) is 6.42 Å². The summed E-state index contributed by atoms with van der Waals surface area (Å²) in [6, 6.07) is 6.91. The van der Waals surface area contributed by atoms with E-state index in [4.69, 9.17) is 8.92 Å². The zero-order valence-electron chi connectivity index (χ0n) is 15.9. The third-order valence-electron chi connectivity index (χ3n) is 5.50. The summed E-state index contributed by atoms with van der Waals surface area (Å²) in [5.74, 6) is 0.308. The van der Waals surface area contributed by atoms with Gasteiger partial charge in [-0.3, -0.25) is 9.08 Å². The lowest BCUT2D eigenvalue weighted by Crippen LogP contribution is -2.47.